The molecule has 0 aliphatic heterocycles. The highest BCUT2D eigenvalue weighted by molar-refractivity contribution is 5.97. The Labute approximate surface area is 173 Å². The van der Waals surface area contributed by atoms with Crippen LogP contribution in [0.4, 0.5) is 0 Å². The second kappa shape index (κ2) is 12.5. The molecule has 0 fully saturated rings. The molecule has 0 aliphatic carbocycles. The number of amides is 3. The summed E-state index contributed by atoms with van der Waals surface area (Å²) in [5, 5.41) is 13.6. The molecule has 30 heavy (non-hydrogen) atoms. The maximum atomic E-state index is 12.7. The van der Waals surface area contributed by atoms with Crippen molar-refractivity contribution in [3.8, 4) is 0 Å². The molecule has 1 aromatic rings. The first-order valence-electron chi connectivity index (χ1n) is 9.09. The number of aliphatic imine (C=N–C) groups is 1. The number of benzene rings is 1. The molecule has 0 saturated carbocycles. The molecule has 11 heteroatoms. The number of hydrogen-bond acceptors (Lipinski definition) is 5. The third-order valence-electron chi connectivity index (χ3n) is 3.90. The predicted octanol–water partition coefficient (Wildman–Crippen LogP) is -1.62. The number of aliphatic carboxylic acids is 1. The van der Waals surface area contributed by atoms with Crippen molar-refractivity contribution in [3.05, 3.63) is 48.0 Å². The molecule has 11 nitrogen and oxygen atoms in total. The summed E-state index contributed by atoms with van der Waals surface area (Å²) in [4.78, 5) is 50.8. The Morgan fingerprint density at radius 3 is 2.23 bits per heavy atom. The molecule has 0 heterocycles. The van der Waals surface area contributed by atoms with Crippen LogP contribution in [-0.4, -0.2) is 53.4 Å². The van der Waals surface area contributed by atoms with Crippen LogP contribution in [0.2, 0.25) is 0 Å². The number of rotatable bonds is 12. The van der Waals surface area contributed by atoms with Gasteiger partial charge in [-0.25, -0.2) is 4.79 Å². The third-order valence-corrected chi connectivity index (χ3v) is 3.90. The first kappa shape index (κ1) is 24.1. The van der Waals surface area contributed by atoms with Gasteiger partial charge in [-0.15, -0.1) is 0 Å². The number of nitrogens with two attached hydrogens (primary N) is 3. The van der Waals surface area contributed by atoms with E-state index in [1.807, 2.05) is 0 Å². The van der Waals surface area contributed by atoms with E-state index in [0.29, 0.717) is 12.5 Å². The van der Waals surface area contributed by atoms with Gasteiger partial charge < -0.3 is 32.9 Å². The van der Waals surface area contributed by atoms with Crippen molar-refractivity contribution in [1.29, 1.82) is 0 Å². The first-order chi connectivity index (χ1) is 14.2. The number of guanidine groups is 1. The molecule has 0 aromatic heterocycles. The first-order valence-corrected chi connectivity index (χ1v) is 9.09. The maximum absolute atomic E-state index is 12.7. The molecule has 0 saturated heterocycles. The van der Waals surface area contributed by atoms with Gasteiger partial charge in [-0.05, 0) is 18.4 Å². The van der Waals surface area contributed by atoms with Crippen molar-refractivity contribution in [2.24, 2.45) is 22.2 Å². The van der Waals surface area contributed by atoms with Gasteiger partial charge in [0.25, 0.3) is 0 Å². The maximum Gasteiger partial charge on any atom is 0.328 e. The molecular formula is C19H26N6O5. The standard InChI is InChI=1S/C19H26N6O5/c20-17(29)13(7-4-10-23-19(21)22)25-18(30)14(11-12-5-2-1-3-6-12)24-15(26)8-9-16(27)28/h1-3,5-6,8-9,13-14H,4,7,10-11H2,(H2,20,29)(H,24,26)(H,25,30)(H,27,28)(H4,21,22,23)/t13-,14-/m0/s1. The number of hydrogen-bond donors (Lipinski definition) is 6. The predicted molar refractivity (Wildman–Crippen MR) is 110 cm³/mol. The zero-order chi connectivity index (χ0) is 22.5. The zero-order valence-electron chi connectivity index (χ0n) is 16.3. The highest BCUT2D eigenvalue weighted by atomic mass is 16.4. The van der Waals surface area contributed by atoms with Gasteiger partial charge in [0, 0.05) is 25.1 Å². The van der Waals surface area contributed by atoms with Crippen LogP contribution in [-0.2, 0) is 25.6 Å². The van der Waals surface area contributed by atoms with E-state index < -0.39 is 35.8 Å². The summed E-state index contributed by atoms with van der Waals surface area (Å²) in [6.45, 7) is 0.256. The van der Waals surface area contributed by atoms with Gasteiger partial charge in [0.05, 0.1) is 0 Å². The van der Waals surface area contributed by atoms with Gasteiger partial charge >= 0.3 is 5.97 Å². The molecule has 0 bridgehead atoms. The molecule has 0 spiro atoms. The average molecular weight is 418 g/mol. The van der Waals surface area contributed by atoms with E-state index in [2.05, 4.69) is 15.6 Å². The van der Waals surface area contributed by atoms with Gasteiger partial charge in [-0.1, -0.05) is 30.3 Å². The lowest BCUT2D eigenvalue weighted by Gasteiger charge is -2.21. The number of nitrogens with zero attached hydrogens (tertiary/aromatic N) is 1. The Bertz CT molecular complexity index is 805. The number of carbonyl (C=O) groups excluding carboxylic acids is 3. The summed E-state index contributed by atoms with van der Waals surface area (Å²) < 4.78 is 0. The Morgan fingerprint density at radius 2 is 1.67 bits per heavy atom. The van der Waals surface area contributed by atoms with Gasteiger partial charge in [0.15, 0.2) is 5.96 Å². The number of primary amides is 1. The van der Waals surface area contributed by atoms with Gasteiger partial charge in [-0.2, -0.15) is 0 Å². The molecule has 3 amide bonds. The lowest BCUT2D eigenvalue weighted by Crippen LogP contribution is -2.53. The Kier molecular flexibility index (Phi) is 10.1. The SMILES string of the molecule is NC(=O)[C@H](CCCN=C(N)N)NC(=O)[C@H](Cc1ccccc1)NC(=O)C=CC(=O)O. The van der Waals surface area contributed by atoms with E-state index in [1.165, 1.54) is 0 Å². The van der Waals surface area contributed by atoms with Crippen LogP contribution in [0.15, 0.2) is 47.5 Å². The van der Waals surface area contributed by atoms with Gasteiger partial charge in [-0.3, -0.25) is 19.4 Å². The van der Waals surface area contributed by atoms with Crippen molar-refractivity contribution in [3.63, 3.8) is 0 Å². The zero-order valence-corrected chi connectivity index (χ0v) is 16.3. The van der Waals surface area contributed by atoms with Crippen molar-refractivity contribution in [2.75, 3.05) is 6.54 Å². The lowest BCUT2D eigenvalue weighted by atomic mass is 10.0. The molecule has 0 aliphatic rings. The highest BCUT2D eigenvalue weighted by Gasteiger charge is 2.25. The second-order valence-electron chi connectivity index (χ2n) is 6.33. The monoisotopic (exact) mass is 418 g/mol. The fraction of sp³-hybridized carbons (Fsp3) is 0.316. The Balaban J connectivity index is 2.87. The average Bonchev–Trinajstić information content (AvgIpc) is 2.68. The lowest BCUT2D eigenvalue weighted by molar-refractivity contribution is -0.132. The van der Waals surface area contributed by atoms with Crippen LogP contribution < -0.4 is 27.8 Å². The van der Waals surface area contributed by atoms with Crippen LogP contribution in [0, 0.1) is 0 Å². The summed E-state index contributed by atoms with van der Waals surface area (Å²) in [6.07, 6.45) is 2.17. The van der Waals surface area contributed by atoms with Gasteiger partial charge in [0.2, 0.25) is 17.7 Å². The highest BCUT2D eigenvalue weighted by Crippen LogP contribution is 2.05. The Morgan fingerprint density at radius 1 is 1.00 bits per heavy atom. The summed E-state index contributed by atoms with van der Waals surface area (Å²) in [5.41, 5.74) is 16.6. The second-order valence-corrected chi connectivity index (χ2v) is 6.33. The van der Waals surface area contributed by atoms with Crippen LogP contribution in [0.3, 0.4) is 0 Å². The van der Waals surface area contributed by atoms with E-state index in [-0.39, 0.29) is 25.3 Å². The summed E-state index contributed by atoms with van der Waals surface area (Å²) >= 11 is 0. The summed E-state index contributed by atoms with van der Waals surface area (Å²) in [7, 11) is 0. The molecule has 2 atom stereocenters. The number of nitrogens with one attached hydrogen (secondary N) is 2. The minimum Gasteiger partial charge on any atom is -0.478 e. The molecule has 162 valence electrons. The minimum absolute atomic E-state index is 0.0882. The molecule has 1 rings (SSSR count). The van der Waals surface area contributed by atoms with Crippen molar-refractivity contribution < 1.29 is 24.3 Å². The van der Waals surface area contributed by atoms with E-state index in [1.54, 1.807) is 30.3 Å². The van der Waals surface area contributed by atoms with E-state index >= 15 is 0 Å². The topological polar surface area (TPSA) is 203 Å². The molecule has 1 aromatic carbocycles. The fourth-order valence-electron chi connectivity index (χ4n) is 2.49. The number of carboxylic acids is 1. The van der Waals surface area contributed by atoms with E-state index in [4.69, 9.17) is 22.3 Å². The van der Waals surface area contributed by atoms with E-state index in [9.17, 15) is 19.2 Å². The molecule has 0 radical (unpaired) electrons. The summed E-state index contributed by atoms with van der Waals surface area (Å²) in [6, 6.07) is 6.82. The molecule has 9 N–H and O–H groups in total. The third kappa shape index (κ3) is 9.88. The molecule has 0 unspecified atom stereocenters. The fourth-order valence-corrected chi connectivity index (χ4v) is 2.49. The van der Waals surface area contributed by atoms with Gasteiger partial charge in [0.1, 0.15) is 12.1 Å². The van der Waals surface area contributed by atoms with Crippen molar-refractivity contribution in [2.45, 2.75) is 31.3 Å². The number of carbonyl (C=O) groups is 4. The van der Waals surface area contributed by atoms with Crippen LogP contribution in [0.25, 0.3) is 0 Å². The largest absolute Gasteiger partial charge is 0.478 e. The van der Waals surface area contributed by atoms with E-state index in [0.717, 1.165) is 11.6 Å². The summed E-state index contributed by atoms with van der Waals surface area (Å²) in [5.74, 6) is -3.54. The number of carboxylic acid groups (broad SMARTS) is 1. The quantitative estimate of drug-likeness (QED) is 0.101. The van der Waals surface area contributed by atoms with Crippen LogP contribution >= 0.6 is 0 Å². The minimum atomic E-state index is -1.30. The normalized spacial score (nSPS) is 12.5. The smallest absolute Gasteiger partial charge is 0.328 e. The van der Waals surface area contributed by atoms with Crippen molar-refractivity contribution in [1.82, 2.24) is 10.6 Å². The van der Waals surface area contributed by atoms with Crippen LogP contribution in [0.5, 0.6) is 0 Å². The van der Waals surface area contributed by atoms with Crippen LogP contribution in [0.1, 0.15) is 18.4 Å². The Hall–Kier alpha value is -3.89. The molecular weight excluding hydrogens is 392 g/mol. The van der Waals surface area contributed by atoms with Crippen molar-refractivity contribution >= 4 is 29.7 Å².